The minimum Gasteiger partial charge on any atom is -0.351 e. The van der Waals surface area contributed by atoms with Gasteiger partial charge in [0.1, 0.15) is 6.54 Å². The van der Waals surface area contributed by atoms with E-state index in [2.05, 4.69) is 4.98 Å². The van der Waals surface area contributed by atoms with Crippen LogP contribution in [0.15, 0.2) is 35.4 Å². The molecule has 3 fully saturated rings. The van der Waals surface area contributed by atoms with Crippen LogP contribution in [0.2, 0.25) is 0 Å². The highest BCUT2D eigenvalue weighted by atomic mass is 16.5. The Labute approximate surface area is 149 Å². The molecule has 0 N–H and O–H groups in total. The molecule has 2 amide bonds. The van der Waals surface area contributed by atoms with Gasteiger partial charge in [-0.05, 0) is 12.1 Å². The molecule has 1 spiro atoms. The maximum atomic E-state index is 12.9. The van der Waals surface area contributed by atoms with Crippen LogP contribution in [0.25, 0.3) is 10.9 Å². The molecule has 0 bridgehead atoms. The first-order chi connectivity index (χ1) is 12.6. The van der Waals surface area contributed by atoms with Gasteiger partial charge in [-0.2, -0.15) is 0 Å². The Morgan fingerprint density at radius 3 is 3.00 bits per heavy atom. The van der Waals surface area contributed by atoms with Gasteiger partial charge in [0, 0.05) is 19.5 Å². The number of nitrogens with zero attached hydrogens (tertiary/aromatic N) is 4. The minimum absolute atomic E-state index is 0.0366. The van der Waals surface area contributed by atoms with E-state index >= 15 is 0 Å². The Balaban J connectivity index is 1.43. The van der Waals surface area contributed by atoms with Gasteiger partial charge in [-0.25, -0.2) is 4.98 Å². The van der Waals surface area contributed by atoms with Gasteiger partial charge >= 0.3 is 0 Å². The normalized spacial score (nSPS) is 27.2. The largest absolute Gasteiger partial charge is 0.351 e. The third kappa shape index (κ3) is 1.99. The van der Waals surface area contributed by atoms with E-state index < -0.39 is 5.72 Å². The first-order valence-corrected chi connectivity index (χ1v) is 8.78. The van der Waals surface area contributed by atoms with Gasteiger partial charge in [0.05, 0.1) is 36.3 Å². The molecule has 8 heteroatoms. The fourth-order valence-corrected chi connectivity index (χ4v) is 4.55. The third-order valence-corrected chi connectivity index (χ3v) is 5.76. The molecule has 4 heterocycles. The van der Waals surface area contributed by atoms with Crippen LogP contribution in [-0.2, 0) is 20.9 Å². The number of carbonyl (C=O) groups is 2. The molecule has 5 rings (SSSR count). The molecule has 3 aliphatic heterocycles. The van der Waals surface area contributed by atoms with E-state index in [-0.39, 0.29) is 36.4 Å². The van der Waals surface area contributed by atoms with Crippen molar-refractivity contribution in [2.75, 3.05) is 19.7 Å². The van der Waals surface area contributed by atoms with Gasteiger partial charge in [-0.1, -0.05) is 12.1 Å². The molecule has 1 aromatic carbocycles. The maximum Gasteiger partial charge on any atom is 0.261 e. The molecule has 2 aromatic rings. The zero-order chi connectivity index (χ0) is 17.9. The molecule has 0 unspecified atom stereocenters. The third-order valence-electron chi connectivity index (χ3n) is 5.76. The number of fused-ring (bicyclic) bond motifs is 1. The summed E-state index contributed by atoms with van der Waals surface area (Å²) in [7, 11) is 0. The molecule has 2 atom stereocenters. The summed E-state index contributed by atoms with van der Waals surface area (Å²) >= 11 is 0. The lowest BCUT2D eigenvalue weighted by Gasteiger charge is -2.31. The number of hydrogen-bond acceptors (Lipinski definition) is 5. The van der Waals surface area contributed by atoms with Crippen LogP contribution in [0.4, 0.5) is 0 Å². The summed E-state index contributed by atoms with van der Waals surface area (Å²) in [5.41, 5.74) is -0.281. The molecule has 3 aliphatic rings. The first kappa shape index (κ1) is 15.5. The lowest BCUT2D eigenvalue weighted by atomic mass is 10.1. The molecule has 26 heavy (non-hydrogen) atoms. The van der Waals surface area contributed by atoms with Gasteiger partial charge < -0.3 is 14.5 Å². The summed E-state index contributed by atoms with van der Waals surface area (Å²) in [5.74, 6) is -0.147. The van der Waals surface area contributed by atoms with Gasteiger partial charge in [-0.15, -0.1) is 0 Å². The molecule has 134 valence electrons. The Morgan fingerprint density at radius 2 is 2.12 bits per heavy atom. The van der Waals surface area contributed by atoms with Gasteiger partial charge in [0.2, 0.25) is 11.8 Å². The zero-order valence-electron chi connectivity index (χ0n) is 14.1. The van der Waals surface area contributed by atoms with Crippen LogP contribution < -0.4 is 5.56 Å². The van der Waals surface area contributed by atoms with Crippen LogP contribution >= 0.6 is 0 Å². The van der Waals surface area contributed by atoms with Crippen LogP contribution in [-0.4, -0.2) is 62.6 Å². The number of hydrogen-bond donors (Lipinski definition) is 0. The van der Waals surface area contributed by atoms with E-state index in [0.29, 0.717) is 37.0 Å². The van der Waals surface area contributed by atoms with Crippen molar-refractivity contribution in [3.63, 3.8) is 0 Å². The number of rotatable bonds is 2. The van der Waals surface area contributed by atoms with Crippen molar-refractivity contribution in [3.05, 3.63) is 40.9 Å². The molecule has 0 saturated carbocycles. The van der Waals surface area contributed by atoms with Crippen molar-refractivity contribution < 1.29 is 14.3 Å². The fraction of sp³-hybridized carbons (Fsp3) is 0.444. The van der Waals surface area contributed by atoms with Crippen molar-refractivity contribution in [1.29, 1.82) is 0 Å². The highest BCUT2D eigenvalue weighted by Crippen LogP contribution is 2.45. The quantitative estimate of drug-likeness (QED) is 0.755. The van der Waals surface area contributed by atoms with E-state index in [4.69, 9.17) is 4.74 Å². The van der Waals surface area contributed by atoms with Crippen LogP contribution in [0, 0.1) is 0 Å². The van der Waals surface area contributed by atoms with E-state index in [1.54, 1.807) is 28.0 Å². The van der Waals surface area contributed by atoms with E-state index in [1.165, 1.54) is 10.9 Å². The highest BCUT2D eigenvalue weighted by molar-refractivity contribution is 5.85. The predicted molar refractivity (Wildman–Crippen MR) is 91.1 cm³/mol. The van der Waals surface area contributed by atoms with Crippen LogP contribution in [0.1, 0.15) is 12.8 Å². The Kier molecular flexibility index (Phi) is 3.21. The molecule has 0 aliphatic carbocycles. The lowest BCUT2D eigenvalue weighted by molar-refractivity contribution is -0.140. The van der Waals surface area contributed by atoms with Crippen LogP contribution in [0.3, 0.4) is 0 Å². The number of para-hydroxylation sites is 1. The van der Waals surface area contributed by atoms with Crippen molar-refractivity contribution in [2.45, 2.75) is 31.2 Å². The molecule has 1 aromatic heterocycles. The summed E-state index contributed by atoms with van der Waals surface area (Å²) in [6.07, 6.45) is 2.32. The smallest absolute Gasteiger partial charge is 0.261 e. The standard InChI is InChI=1S/C18H18N4O4/c23-15-9-14-18(22(15)7-8-26-18)5-6-21(14)16(24)10-20-11-19-13-4-2-1-3-12(13)17(20)25/h1-4,11,14H,5-10H2/t14-,18+/m1/s1. The van der Waals surface area contributed by atoms with E-state index in [0.717, 1.165) is 0 Å². The van der Waals surface area contributed by atoms with Gasteiger partial charge in [0.15, 0.2) is 5.72 Å². The lowest BCUT2D eigenvalue weighted by Crippen LogP contribution is -2.49. The summed E-state index contributed by atoms with van der Waals surface area (Å²) < 4.78 is 7.23. The highest BCUT2D eigenvalue weighted by Gasteiger charge is 2.62. The predicted octanol–water partition coefficient (Wildman–Crippen LogP) is -0.0438. The second-order valence-electron chi connectivity index (χ2n) is 6.99. The monoisotopic (exact) mass is 354 g/mol. The molecule has 0 radical (unpaired) electrons. The Bertz CT molecular complexity index is 987. The van der Waals surface area contributed by atoms with Crippen LogP contribution in [0.5, 0.6) is 0 Å². The molecule has 8 nitrogen and oxygen atoms in total. The number of carbonyl (C=O) groups excluding carboxylic acids is 2. The number of aromatic nitrogens is 2. The van der Waals surface area contributed by atoms with Crippen molar-refractivity contribution >= 4 is 22.7 Å². The number of ether oxygens (including phenoxy) is 1. The number of benzene rings is 1. The van der Waals surface area contributed by atoms with Crippen molar-refractivity contribution in [2.24, 2.45) is 0 Å². The second kappa shape index (κ2) is 5.38. The van der Waals surface area contributed by atoms with Crippen molar-refractivity contribution in [3.8, 4) is 0 Å². The minimum atomic E-state index is -0.653. The number of likely N-dealkylation sites (tertiary alicyclic amines) is 1. The summed E-state index contributed by atoms with van der Waals surface area (Å²) in [6.45, 7) is 1.55. The molecular weight excluding hydrogens is 336 g/mol. The first-order valence-electron chi connectivity index (χ1n) is 8.78. The summed E-state index contributed by atoms with van der Waals surface area (Å²) in [5, 5.41) is 0.488. The fourth-order valence-electron chi connectivity index (χ4n) is 4.55. The molecular formula is C18H18N4O4. The van der Waals surface area contributed by atoms with E-state index in [9.17, 15) is 14.4 Å². The Hall–Kier alpha value is -2.74. The maximum absolute atomic E-state index is 12.9. The topological polar surface area (TPSA) is 84.7 Å². The van der Waals surface area contributed by atoms with Crippen molar-refractivity contribution in [1.82, 2.24) is 19.4 Å². The second-order valence-corrected chi connectivity index (χ2v) is 6.99. The van der Waals surface area contributed by atoms with Gasteiger partial charge in [0.25, 0.3) is 5.56 Å². The SMILES string of the molecule is O=C(Cn1cnc2ccccc2c1=O)N1CC[C@@]23OCCN2C(=O)C[C@@H]13. The Morgan fingerprint density at radius 1 is 1.27 bits per heavy atom. The van der Waals surface area contributed by atoms with Gasteiger partial charge in [-0.3, -0.25) is 19.0 Å². The molecule has 3 saturated heterocycles. The summed E-state index contributed by atoms with van der Waals surface area (Å²) in [4.78, 5) is 45.5. The average Bonchev–Trinajstić information content (AvgIpc) is 3.29. The average molecular weight is 354 g/mol. The zero-order valence-corrected chi connectivity index (χ0v) is 14.1. The number of amides is 2. The van der Waals surface area contributed by atoms with E-state index in [1.807, 2.05) is 6.07 Å². The summed E-state index contributed by atoms with van der Waals surface area (Å²) in [6, 6.07) is 6.80.